The van der Waals surface area contributed by atoms with Gasteiger partial charge < -0.3 is 9.47 Å². The summed E-state index contributed by atoms with van der Waals surface area (Å²) in [6.45, 7) is 10.2. The molecule has 2 rings (SSSR count). The molecule has 2 aromatic rings. The zero-order chi connectivity index (χ0) is 14.9. The summed E-state index contributed by atoms with van der Waals surface area (Å²) in [6.07, 6.45) is -0.473. The van der Waals surface area contributed by atoms with Gasteiger partial charge in [0.1, 0.15) is 5.75 Å². The molecule has 0 N–H and O–H groups in total. The molecule has 0 fully saturated rings. The Morgan fingerprint density at radius 1 is 1.30 bits per heavy atom. The molecule has 1 aromatic heterocycles. The molecule has 0 aliphatic rings. The number of hydrogen-bond donors (Lipinski definition) is 0. The lowest BCUT2D eigenvalue weighted by Gasteiger charge is -2.12. The highest BCUT2D eigenvalue weighted by Gasteiger charge is 2.17. The van der Waals surface area contributed by atoms with E-state index in [1.54, 1.807) is 4.57 Å². The number of rotatable bonds is 3. The summed E-state index contributed by atoms with van der Waals surface area (Å²) in [5, 5.41) is 1.02. The van der Waals surface area contributed by atoms with E-state index >= 15 is 0 Å². The van der Waals surface area contributed by atoms with Crippen LogP contribution in [0.4, 0.5) is 4.79 Å². The highest BCUT2D eigenvalue weighted by atomic mass is 16.6. The molecule has 0 spiro atoms. The summed E-state index contributed by atoms with van der Waals surface area (Å²) in [4.78, 5) is 12.2. The van der Waals surface area contributed by atoms with Gasteiger partial charge in [-0.25, -0.2) is 9.36 Å². The van der Waals surface area contributed by atoms with Crippen LogP contribution in [0.25, 0.3) is 10.9 Å². The minimum absolute atomic E-state index is 0.136. The molecule has 1 heterocycles. The van der Waals surface area contributed by atoms with E-state index in [1.807, 2.05) is 52.8 Å². The fourth-order valence-electron chi connectivity index (χ4n) is 2.34. The Morgan fingerprint density at radius 3 is 2.60 bits per heavy atom. The van der Waals surface area contributed by atoms with Crippen molar-refractivity contribution in [3.8, 4) is 5.75 Å². The number of carbonyl (C=O) groups is 1. The van der Waals surface area contributed by atoms with Gasteiger partial charge in [-0.1, -0.05) is 0 Å². The van der Waals surface area contributed by atoms with Crippen molar-refractivity contribution in [3.05, 3.63) is 29.5 Å². The lowest BCUT2D eigenvalue weighted by molar-refractivity contribution is 0.117. The number of ether oxygens (including phenoxy) is 2. The van der Waals surface area contributed by atoms with Crippen molar-refractivity contribution < 1.29 is 14.3 Å². The Labute approximate surface area is 119 Å². The maximum absolute atomic E-state index is 12.2. The predicted octanol–water partition coefficient (Wildman–Crippen LogP) is 4.05. The number of nitrogens with zero attached hydrogens (tertiary/aromatic N) is 1. The zero-order valence-corrected chi connectivity index (χ0v) is 12.7. The summed E-state index contributed by atoms with van der Waals surface area (Å²) >= 11 is 0. The number of fused-ring (bicyclic) bond motifs is 1. The van der Waals surface area contributed by atoms with Gasteiger partial charge in [-0.2, -0.15) is 0 Å². The van der Waals surface area contributed by atoms with Crippen LogP contribution >= 0.6 is 0 Å². The van der Waals surface area contributed by atoms with Crippen LogP contribution in [0.2, 0.25) is 0 Å². The second-order valence-corrected chi connectivity index (χ2v) is 5.11. The van der Waals surface area contributed by atoms with E-state index in [1.165, 1.54) is 0 Å². The summed E-state index contributed by atoms with van der Waals surface area (Å²) in [6, 6.07) is 5.80. The van der Waals surface area contributed by atoms with E-state index in [4.69, 9.17) is 9.47 Å². The quantitative estimate of drug-likeness (QED) is 0.848. The second-order valence-electron chi connectivity index (χ2n) is 5.11. The molecule has 0 aliphatic heterocycles. The van der Waals surface area contributed by atoms with Crippen LogP contribution < -0.4 is 4.74 Å². The highest BCUT2D eigenvalue weighted by molar-refractivity contribution is 5.93. The minimum Gasteiger partial charge on any atom is -0.494 e. The van der Waals surface area contributed by atoms with Gasteiger partial charge in [-0.15, -0.1) is 0 Å². The van der Waals surface area contributed by atoms with Gasteiger partial charge in [0.05, 0.1) is 18.2 Å². The summed E-state index contributed by atoms with van der Waals surface area (Å²) in [7, 11) is 0. The van der Waals surface area contributed by atoms with Gasteiger partial charge in [-0.3, -0.25) is 0 Å². The van der Waals surface area contributed by atoms with Crippen LogP contribution in [0.5, 0.6) is 5.75 Å². The molecular formula is C16H21NO3. The molecular weight excluding hydrogens is 254 g/mol. The third kappa shape index (κ3) is 2.50. The van der Waals surface area contributed by atoms with E-state index in [0.29, 0.717) is 6.61 Å². The van der Waals surface area contributed by atoms with Crippen LogP contribution in [0.3, 0.4) is 0 Å². The molecule has 1 aromatic carbocycles. The van der Waals surface area contributed by atoms with Crippen LogP contribution in [0, 0.1) is 13.8 Å². The Hall–Kier alpha value is -1.97. The van der Waals surface area contributed by atoms with Gasteiger partial charge >= 0.3 is 6.09 Å². The smallest absolute Gasteiger partial charge is 0.418 e. The topological polar surface area (TPSA) is 40.5 Å². The maximum atomic E-state index is 12.2. The highest BCUT2D eigenvalue weighted by Crippen LogP contribution is 2.30. The van der Waals surface area contributed by atoms with E-state index < -0.39 is 0 Å². The van der Waals surface area contributed by atoms with E-state index in [2.05, 4.69) is 0 Å². The lowest BCUT2D eigenvalue weighted by Crippen LogP contribution is -2.18. The summed E-state index contributed by atoms with van der Waals surface area (Å²) in [5.74, 6) is 0.856. The van der Waals surface area contributed by atoms with E-state index in [9.17, 15) is 4.79 Å². The van der Waals surface area contributed by atoms with Crippen molar-refractivity contribution in [2.24, 2.45) is 0 Å². The van der Waals surface area contributed by atoms with Gasteiger partial charge in [0.2, 0.25) is 0 Å². The molecule has 0 saturated heterocycles. The Balaban J connectivity index is 2.55. The lowest BCUT2D eigenvalue weighted by atomic mass is 10.1. The molecule has 0 radical (unpaired) electrons. The van der Waals surface area contributed by atoms with Crippen LogP contribution in [-0.4, -0.2) is 23.4 Å². The fourth-order valence-corrected chi connectivity index (χ4v) is 2.34. The molecule has 4 heteroatoms. The first-order chi connectivity index (χ1) is 9.45. The Kier molecular flexibility index (Phi) is 4.02. The second kappa shape index (κ2) is 5.57. The molecule has 0 bridgehead atoms. The van der Waals surface area contributed by atoms with Gasteiger partial charge in [0.15, 0.2) is 0 Å². The molecule has 108 valence electrons. The average molecular weight is 275 g/mol. The van der Waals surface area contributed by atoms with E-state index in [-0.39, 0.29) is 12.2 Å². The normalized spacial score (nSPS) is 11.1. The molecule has 0 aliphatic carbocycles. The molecule has 4 nitrogen and oxygen atoms in total. The molecule has 20 heavy (non-hydrogen) atoms. The first kappa shape index (κ1) is 14.4. The molecule has 0 saturated carbocycles. The summed E-state index contributed by atoms with van der Waals surface area (Å²) in [5.41, 5.74) is 2.76. The average Bonchev–Trinajstić information content (AvgIpc) is 2.69. The van der Waals surface area contributed by atoms with Crippen LogP contribution in [0.15, 0.2) is 18.2 Å². The summed E-state index contributed by atoms with van der Waals surface area (Å²) < 4.78 is 12.5. The molecule has 0 amide bonds. The molecule has 0 unspecified atom stereocenters. The van der Waals surface area contributed by atoms with Gasteiger partial charge in [0, 0.05) is 16.6 Å². The third-order valence-corrected chi connectivity index (χ3v) is 3.21. The monoisotopic (exact) mass is 275 g/mol. The van der Waals surface area contributed by atoms with E-state index in [0.717, 1.165) is 27.9 Å². The predicted molar refractivity (Wildman–Crippen MR) is 79.6 cm³/mol. The number of hydrogen-bond acceptors (Lipinski definition) is 3. The van der Waals surface area contributed by atoms with Crippen molar-refractivity contribution >= 4 is 17.0 Å². The number of benzene rings is 1. The number of carbonyl (C=O) groups excluding carboxylic acids is 1. The first-order valence-electron chi connectivity index (χ1n) is 6.91. The fraction of sp³-hybridized carbons (Fsp3) is 0.438. The Morgan fingerprint density at radius 2 is 2.00 bits per heavy atom. The molecule has 0 atom stereocenters. The van der Waals surface area contributed by atoms with Crippen molar-refractivity contribution in [2.45, 2.75) is 40.7 Å². The van der Waals surface area contributed by atoms with Crippen molar-refractivity contribution in [3.63, 3.8) is 0 Å². The maximum Gasteiger partial charge on any atom is 0.418 e. The van der Waals surface area contributed by atoms with Gasteiger partial charge in [-0.05, 0) is 52.8 Å². The van der Waals surface area contributed by atoms with Gasteiger partial charge in [0.25, 0.3) is 0 Å². The zero-order valence-electron chi connectivity index (χ0n) is 12.7. The Bertz CT molecular complexity index is 641. The third-order valence-electron chi connectivity index (χ3n) is 3.21. The van der Waals surface area contributed by atoms with Crippen LogP contribution in [-0.2, 0) is 4.74 Å². The number of aryl methyl sites for hydroxylation is 2. The van der Waals surface area contributed by atoms with Crippen LogP contribution in [0.1, 0.15) is 32.0 Å². The van der Waals surface area contributed by atoms with Crippen molar-refractivity contribution in [1.29, 1.82) is 0 Å². The first-order valence-corrected chi connectivity index (χ1v) is 6.91. The minimum atomic E-state index is -0.337. The van der Waals surface area contributed by atoms with Crippen molar-refractivity contribution in [1.82, 2.24) is 4.57 Å². The SMILES string of the molecule is CCOc1ccc2c(cc(C)n2C(=O)OC(C)C)c1C. The standard InChI is InChI=1S/C16H21NO3/c1-6-19-15-8-7-14-13(12(15)5)9-11(4)17(14)16(18)20-10(2)3/h7-10H,6H2,1-5H3. The number of aromatic nitrogens is 1. The van der Waals surface area contributed by atoms with Crippen molar-refractivity contribution in [2.75, 3.05) is 6.61 Å². The largest absolute Gasteiger partial charge is 0.494 e.